The maximum atomic E-state index is 12.6. The van der Waals surface area contributed by atoms with Crippen molar-refractivity contribution in [3.05, 3.63) is 34.9 Å². The molecule has 4 nitrogen and oxygen atoms in total. The molecule has 1 fully saturated rings. The molecule has 0 amide bonds. The van der Waals surface area contributed by atoms with Crippen LogP contribution in [0.3, 0.4) is 0 Å². The van der Waals surface area contributed by atoms with Crippen molar-refractivity contribution in [2.24, 2.45) is 5.92 Å². The highest BCUT2D eigenvalue weighted by atomic mass is 32.2. The quantitative estimate of drug-likeness (QED) is 0.683. The van der Waals surface area contributed by atoms with E-state index in [9.17, 15) is 9.35 Å². The molecule has 1 saturated heterocycles. The van der Waals surface area contributed by atoms with Crippen molar-refractivity contribution in [2.75, 3.05) is 18.8 Å². The van der Waals surface area contributed by atoms with Gasteiger partial charge in [-0.2, -0.15) is 0 Å². The highest BCUT2D eigenvalue weighted by Crippen LogP contribution is 2.38. The lowest BCUT2D eigenvalue weighted by atomic mass is 10.0. The van der Waals surface area contributed by atoms with E-state index in [0.717, 1.165) is 37.1 Å². The Balaban J connectivity index is 1.76. The van der Waals surface area contributed by atoms with Gasteiger partial charge >= 0.3 is 5.97 Å². The summed E-state index contributed by atoms with van der Waals surface area (Å²) in [7, 11) is 0. The second-order valence-electron chi connectivity index (χ2n) is 5.51. The van der Waals surface area contributed by atoms with E-state index in [2.05, 4.69) is 5.32 Å². The molecule has 0 radical (unpaired) electrons. The first kappa shape index (κ1) is 13.9. The fourth-order valence-corrected chi connectivity index (χ4v) is 4.69. The molecule has 3 rings (SSSR count). The third kappa shape index (κ3) is 2.57. The van der Waals surface area contributed by atoms with Crippen molar-refractivity contribution in [1.29, 1.82) is 0 Å². The number of piperidine rings is 1. The lowest BCUT2D eigenvalue weighted by molar-refractivity contribution is 0.0508. The van der Waals surface area contributed by atoms with E-state index in [0.29, 0.717) is 17.2 Å². The molecule has 20 heavy (non-hydrogen) atoms. The van der Waals surface area contributed by atoms with Gasteiger partial charge in [0.15, 0.2) is 0 Å². The fraction of sp³-hybridized carbons (Fsp3) is 0.533. The van der Waals surface area contributed by atoms with E-state index in [1.165, 1.54) is 0 Å². The van der Waals surface area contributed by atoms with Crippen molar-refractivity contribution < 1.29 is 14.1 Å². The van der Waals surface area contributed by atoms with E-state index >= 15 is 0 Å². The van der Waals surface area contributed by atoms with Crippen LogP contribution in [0.15, 0.2) is 18.2 Å². The lowest BCUT2D eigenvalue weighted by Gasteiger charge is -2.25. The highest BCUT2D eigenvalue weighted by Gasteiger charge is 2.41. The second-order valence-corrected chi connectivity index (χ2v) is 7.04. The molecule has 2 aliphatic rings. The summed E-state index contributed by atoms with van der Waals surface area (Å²) in [5, 5.41) is 3.30. The van der Waals surface area contributed by atoms with Gasteiger partial charge in [0.25, 0.3) is 5.44 Å². The van der Waals surface area contributed by atoms with E-state index < -0.39 is 16.6 Å². The normalized spacial score (nSPS) is 24.3. The SMILES string of the molecule is Cc1cccc2c1[C@H]([S+]([O-])CC1CCNCC1)OC2=O. The number of esters is 1. The Bertz CT molecular complexity index is 514. The molecule has 0 bridgehead atoms. The van der Waals surface area contributed by atoms with Crippen LogP contribution in [0.4, 0.5) is 0 Å². The van der Waals surface area contributed by atoms with Crippen LogP contribution in [-0.2, 0) is 15.9 Å². The van der Waals surface area contributed by atoms with E-state index in [-0.39, 0.29) is 5.97 Å². The largest absolute Gasteiger partial charge is 0.613 e. The summed E-state index contributed by atoms with van der Waals surface area (Å²) in [5.41, 5.74) is 1.81. The molecule has 2 heterocycles. The summed E-state index contributed by atoms with van der Waals surface area (Å²) in [4.78, 5) is 11.9. The number of hydrogen-bond acceptors (Lipinski definition) is 4. The summed E-state index contributed by atoms with van der Waals surface area (Å²) < 4.78 is 17.9. The molecule has 0 saturated carbocycles. The summed E-state index contributed by atoms with van der Waals surface area (Å²) in [5.74, 6) is 0.740. The van der Waals surface area contributed by atoms with E-state index in [4.69, 9.17) is 4.74 Å². The van der Waals surface area contributed by atoms with Crippen molar-refractivity contribution in [3.8, 4) is 0 Å². The molecular formula is C15H19NO3S. The number of nitrogens with one attached hydrogen (secondary N) is 1. The summed E-state index contributed by atoms with van der Waals surface area (Å²) in [6.45, 7) is 3.92. The van der Waals surface area contributed by atoms with Crippen LogP contribution >= 0.6 is 0 Å². The number of cyclic esters (lactones) is 1. The van der Waals surface area contributed by atoms with Gasteiger partial charge in [-0.25, -0.2) is 4.79 Å². The molecule has 1 aromatic rings. The molecule has 2 atom stereocenters. The predicted octanol–water partition coefficient (Wildman–Crippen LogP) is 1.91. The van der Waals surface area contributed by atoms with E-state index in [1.807, 2.05) is 19.1 Å². The van der Waals surface area contributed by atoms with E-state index in [1.54, 1.807) is 6.07 Å². The molecular weight excluding hydrogens is 274 g/mol. The van der Waals surface area contributed by atoms with Crippen molar-refractivity contribution >= 4 is 17.1 Å². The lowest BCUT2D eigenvalue weighted by Crippen LogP contribution is -2.32. The van der Waals surface area contributed by atoms with Crippen molar-refractivity contribution in [2.45, 2.75) is 25.2 Å². The van der Waals surface area contributed by atoms with Crippen molar-refractivity contribution in [3.63, 3.8) is 0 Å². The van der Waals surface area contributed by atoms with Crippen LogP contribution in [0.1, 0.15) is 39.8 Å². The number of ether oxygens (including phenoxy) is 1. The molecule has 2 aliphatic heterocycles. The van der Waals surface area contributed by atoms with Crippen LogP contribution in [0.5, 0.6) is 0 Å². The number of carbonyl (C=O) groups is 1. The van der Waals surface area contributed by atoms with Gasteiger partial charge in [0.05, 0.1) is 11.1 Å². The summed E-state index contributed by atoms with van der Waals surface area (Å²) in [6, 6.07) is 5.54. The first-order valence-corrected chi connectivity index (χ1v) is 8.43. The smallest absolute Gasteiger partial charge is 0.342 e. The predicted molar refractivity (Wildman–Crippen MR) is 77.9 cm³/mol. The van der Waals surface area contributed by atoms with Gasteiger partial charge in [-0.05, 0) is 55.7 Å². The van der Waals surface area contributed by atoms with Crippen molar-refractivity contribution in [1.82, 2.24) is 5.32 Å². The number of hydrogen-bond donors (Lipinski definition) is 1. The molecule has 1 unspecified atom stereocenters. The number of carbonyl (C=O) groups excluding carboxylic acids is 1. The molecule has 0 aromatic heterocycles. The first-order chi connectivity index (χ1) is 9.66. The van der Waals surface area contributed by atoms with Gasteiger partial charge in [0.1, 0.15) is 5.75 Å². The third-order valence-corrected chi connectivity index (χ3v) is 5.70. The second kappa shape index (κ2) is 5.76. The average Bonchev–Trinajstić information content (AvgIpc) is 2.79. The Morgan fingerprint density at radius 2 is 2.15 bits per heavy atom. The highest BCUT2D eigenvalue weighted by molar-refractivity contribution is 7.91. The Hall–Kier alpha value is -1.04. The van der Waals surface area contributed by atoms with Crippen LogP contribution in [-0.4, -0.2) is 29.4 Å². The zero-order chi connectivity index (χ0) is 14.1. The minimum absolute atomic E-state index is 0.340. The van der Waals surface area contributed by atoms with Gasteiger partial charge in [0.2, 0.25) is 0 Å². The topological polar surface area (TPSA) is 61.4 Å². The molecule has 0 aliphatic carbocycles. The van der Waals surface area contributed by atoms with Gasteiger partial charge in [-0.1, -0.05) is 12.1 Å². The van der Waals surface area contributed by atoms with Gasteiger partial charge in [0, 0.05) is 5.92 Å². The fourth-order valence-electron chi connectivity index (χ4n) is 2.94. The molecule has 0 spiro atoms. The minimum Gasteiger partial charge on any atom is -0.613 e. The monoisotopic (exact) mass is 293 g/mol. The Morgan fingerprint density at radius 1 is 1.40 bits per heavy atom. The first-order valence-electron chi connectivity index (χ1n) is 7.05. The minimum atomic E-state index is -1.16. The Morgan fingerprint density at radius 3 is 2.90 bits per heavy atom. The van der Waals surface area contributed by atoms with Gasteiger partial charge < -0.3 is 14.6 Å². The molecule has 1 N–H and O–H groups in total. The Labute approximate surface area is 122 Å². The summed E-state index contributed by atoms with van der Waals surface area (Å²) >= 11 is -1.16. The number of aryl methyl sites for hydroxylation is 1. The Kier molecular flexibility index (Phi) is 4.01. The molecule has 1 aromatic carbocycles. The maximum absolute atomic E-state index is 12.6. The van der Waals surface area contributed by atoms with Crippen LogP contribution in [0.25, 0.3) is 0 Å². The maximum Gasteiger partial charge on any atom is 0.342 e. The standard InChI is InChI=1S/C15H19NO3S/c1-10-3-2-4-12-13(10)15(19-14(12)17)20(18)9-11-5-7-16-8-6-11/h2-4,11,15-16H,5-9H2,1H3/t15-,20?/m0/s1. The van der Waals surface area contributed by atoms with Crippen LogP contribution < -0.4 is 5.32 Å². The molecule has 108 valence electrons. The average molecular weight is 293 g/mol. The third-order valence-electron chi connectivity index (χ3n) is 4.09. The van der Waals surface area contributed by atoms with Crippen LogP contribution in [0.2, 0.25) is 0 Å². The number of rotatable bonds is 3. The van der Waals surface area contributed by atoms with Crippen LogP contribution in [0, 0.1) is 12.8 Å². The number of benzene rings is 1. The summed E-state index contributed by atoms with van der Waals surface area (Å²) in [6.07, 6.45) is 2.10. The zero-order valence-corrected chi connectivity index (χ0v) is 12.4. The van der Waals surface area contributed by atoms with Gasteiger partial charge in [-0.3, -0.25) is 0 Å². The number of fused-ring (bicyclic) bond motifs is 1. The van der Waals surface area contributed by atoms with Gasteiger partial charge in [-0.15, -0.1) is 0 Å². The zero-order valence-electron chi connectivity index (χ0n) is 11.6. The molecule has 5 heteroatoms.